The first-order valence-corrected chi connectivity index (χ1v) is 7.64. The van der Waals surface area contributed by atoms with Crippen LogP contribution in [0.1, 0.15) is 39.5 Å². The average Bonchev–Trinajstić information content (AvgIpc) is 2.37. The number of hydrogen-bond donors (Lipinski definition) is 0. The number of carbonyl (C=O) groups is 2. The van der Waals surface area contributed by atoms with Crippen molar-refractivity contribution < 1.29 is 14.3 Å². The van der Waals surface area contributed by atoms with Gasteiger partial charge in [0.2, 0.25) is 0 Å². The molecule has 0 aromatic rings. The molecule has 1 fully saturated rings. The second-order valence-electron chi connectivity index (χ2n) is 4.68. The standard InChI is InChI=1S/C13H23NO3S/c1-3-4-9-17-13(16)12-5-7-14(8-6-12)10-18-11(2)15/h12H,3-10H2,1-2H3. The monoisotopic (exact) mass is 273 g/mol. The van der Waals surface area contributed by atoms with Crippen LogP contribution in [0.15, 0.2) is 0 Å². The highest BCUT2D eigenvalue weighted by Gasteiger charge is 2.25. The van der Waals surface area contributed by atoms with E-state index in [9.17, 15) is 9.59 Å². The van der Waals surface area contributed by atoms with Gasteiger partial charge in [0, 0.05) is 6.92 Å². The summed E-state index contributed by atoms with van der Waals surface area (Å²) in [7, 11) is 0. The van der Waals surface area contributed by atoms with Gasteiger partial charge in [-0.05, 0) is 32.4 Å². The van der Waals surface area contributed by atoms with Crippen molar-refractivity contribution in [1.82, 2.24) is 4.90 Å². The van der Waals surface area contributed by atoms with Crippen LogP contribution < -0.4 is 0 Å². The van der Waals surface area contributed by atoms with Crippen LogP contribution in [0.5, 0.6) is 0 Å². The van der Waals surface area contributed by atoms with Crippen molar-refractivity contribution in [1.29, 1.82) is 0 Å². The lowest BCUT2D eigenvalue weighted by atomic mass is 9.97. The summed E-state index contributed by atoms with van der Waals surface area (Å²) >= 11 is 1.34. The molecule has 5 heteroatoms. The van der Waals surface area contributed by atoms with Gasteiger partial charge in [0.15, 0.2) is 5.12 Å². The number of nitrogens with zero attached hydrogens (tertiary/aromatic N) is 1. The molecule has 0 spiro atoms. The number of carbonyl (C=O) groups excluding carboxylic acids is 2. The van der Waals surface area contributed by atoms with Gasteiger partial charge >= 0.3 is 5.97 Å². The van der Waals surface area contributed by atoms with Gasteiger partial charge in [0.25, 0.3) is 0 Å². The third kappa shape index (κ3) is 5.87. The molecule has 0 saturated carbocycles. The fourth-order valence-electron chi connectivity index (χ4n) is 1.91. The number of likely N-dealkylation sites (tertiary alicyclic amines) is 1. The maximum Gasteiger partial charge on any atom is 0.309 e. The van der Waals surface area contributed by atoms with E-state index in [1.54, 1.807) is 6.92 Å². The maximum absolute atomic E-state index is 11.7. The Morgan fingerprint density at radius 1 is 1.33 bits per heavy atom. The summed E-state index contributed by atoms with van der Waals surface area (Å²) in [5, 5.41) is 0.149. The highest BCUT2D eigenvalue weighted by Crippen LogP contribution is 2.20. The Kier molecular flexibility index (Phi) is 7.35. The predicted molar refractivity (Wildman–Crippen MR) is 73.3 cm³/mol. The Hall–Kier alpha value is -0.550. The minimum absolute atomic E-state index is 0.0395. The van der Waals surface area contributed by atoms with Crippen LogP contribution in [0.2, 0.25) is 0 Å². The Labute approximate surface area is 113 Å². The number of ether oxygens (including phenoxy) is 1. The molecule has 1 rings (SSSR count). The van der Waals surface area contributed by atoms with Crippen molar-refractivity contribution in [3.63, 3.8) is 0 Å². The molecule has 1 saturated heterocycles. The van der Waals surface area contributed by atoms with Gasteiger partial charge in [0.05, 0.1) is 18.4 Å². The lowest BCUT2D eigenvalue weighted by molar-refractivity contribution is -0.150. The van der Waals surface area contributed by atoms with Crippen molar-refractivity contribution in [2.45, 2.75) is 39.5 Å². The zero-order chi connectivity index (χ0) is 13.4. The van der Waals surface area contributed by atoms with E-state index in [1.807, 2.05) is 0 Å². The van der Waals surface area contributed by atoms with E-state index in [2.05, 4.69) is 11.8 Å². The van der Waals surface area contributed by atoms with Gasteiger partial charge in [-0.15, -0.1) is 0 Å². The molecule has 0 aliphatic carbocycles. The van der Waals surface area contributed by atoms with Crippen molar-refractivity contribution in [2.24, 2.45) is 5.92 Å². The molecule has 0 atom stereocenters. The van der Waals surface area contributed by atoms with Crippen LogP contribution in [-0.2, 0) is 14.3 Å². The summed E-state index contributed by atoms with van der Waals surface area (Å²) in [4.78, 5) is 24.8. The molecule has 0 amide bonds. The Morgan fingerprint density at radius 3 is 2.56 bits per heavy atom. The van der Waals surface area contributed by atoms with Crippen molar-refractivity contribution in [2.75, 3.05) is 25.6 Å². The minimum atomic E-state index is -0.0395. The number of thioether (sulfide) groups is 1. The SMILES string of the molecule is CCCCOC(=O)C1CCN(CSC(C)=O)CC1. The number of unbranched alkanes of at least 4 members (excludes halogenated alkanes) is 1. The van der Waals surface area contributed by atoms with E-state index in [0.717, 1.165) is 44.6 Å². The zero-order valence-electron chi connectivity index (χ0n) is 11.3. The van der Waals surface area contributed by atoms with E-state index in [1.165, 1.54) is 11.8 Å². The van der Waals surface area contributed by atoms with E-state index in [-0.39, 0.29) is 17.0 Å². The number of hydrogen-bond acceptors (Lipinski definition) is 5. The summed E-state index contributed by atoms with van der Waals surface area (Å²) in [6, 6.07) is 0. The van der Waals surface area contributed by atoms with Crippen LogP contribution in [-0.4, -0.2) is 41.6 Å². The summed E-state index contributed by atoms with van der Waals surface area (Å²) in [5.41, 5.74) is 0. The number of rotatable bonds is 6. The molecule has 0 radical (unpaired) electrons. The highest BCUT2D eigenvalue weighted by molar-refractivity contribution is 8.13. The summed E-state index contributed by atoms with van der Waals surface area (Å²) in [6.45, 7) is 5.99. The van der Waals surface area contributed by atoms with Crippen LogP contribution in [0.3, 0.4) is 0 Å². The first kappa shape index (κ1) is 15.5. The Morgan fingerprint density at radius 2 is 2.00 bits per heavy atom. The summed E-state index contributed by atoms with van der Waals surface area (Å²) in [6.07, 6.45) is 3.70. The van der Waals surface area contributed by atoms with E-state index >= 15 is 0 Å². The normalized spacial score (nSPS) is 17.7. The first-order chi connectivity index (χ1) is 8.63. The third-order valence-electron chi connectivity index (χ3n) is 3.11. The molecule has 0 N–H and O–H groups in total. The topological polar surface area (TPSA) is 46.6 Å². The van der Waals surface area contributed by atoms with Gasteiger partial charge in [-0.2, -0.15) is 0 Å². The molecule has 0 aromatic heterocycles. The fraction of sp³-hybridized carbons (Fsp3) is 0.846. The number of piperidine rings is 1. The maximum atomic E-state index is 11.7. The molecule has 0 bridgehead atoms. The molecular weight excluding hydrogens is 250 g/mol. The average molecular weight is 273 g/mol. The zero-order valence-corrected chi connectivity index (χ0v) is 12.1. The summed E-state index contributed by atoms with van der Waals surface area (Å²) < 4.78 is 5.24. The molecule has 0 aromatic carbocycles. The van der Waals surface area contributed by atoms with Crippen molar-refractivity contribution in [3.8, 4) is 0 Å². The molecule has 1 aliphatic rings. The lowest BCUT2D eigenvalue weighted by Gasteiger charge is -2.30. The van der Waals surface area contributed by atoms with Gasteiger partial charge in [-0.25, -0.2) is 0 Å². The molecule has 1 heterocycles. The van der Waals surface area contributed by atoms with Gasteiger partial charge in [0.1, 0.15) is 0 Å². The molecule has 18 heavy (non-hydrogen) atoms. The second-order valence-corrected chi connectivity index (χ2v) is 5.80. The van der Waals surface area contributed by atoms with Gasteiger partial charge in [-0.1, -0.05) is 25.1 Å². The Balaban J connectivity index is 2.17. The van der Waals surface area contributed by atoms with E-state index in [4.69, 9.17) is 4.74 Å². The van der Waals surface area contributed by atoms with E-state index < -0.39 is 0 Å². The van der Waals surface area contributed by atoms with Crippen LogP contribution >= 0.6 is 11.8 Å². The van der Waals surface area contributed by atoms with Gasteiger partial charge in [-0.3, -0.25) is 14.5 Å². The number of esters is 1. The highest BCUT2D eigenvalue weighted by atomic mass is 32.2. The minimum Gasteiger partial charge on any atom is -0.465 e. The molecule has 0 unspecified atom stereocenters. The molecule has 4 nitrogen and oxygen atoms in total. The summed E-state index contributed by atoms with van der Waals surface area (Å²) in [5.74, 6) is 0.759. The van der Waals surface area contributed by atoms with Crippen LogP contribution in [0, 0.1) is 5.92 Å². The molecule has 1 aliphatic heterocycles. The van der Waals surface area contributed by atoms with Gasteiger partial charge < -0.3 is 4.74 Å². The quantitative estimate of drug-likeness (QED) is 0.549. The van der Waals surface area contributed by atoms with E-state index in [0.29, 0.717) is 6.61 Å². The van der Waals surface area contributed by atoms with Crippen molar-refractivity contribution >= 4 is 22.8 Å². The first-order valence-electron chi connectivity index (χ1n) is 6.65. The lowest BCUT2D eigenvalue weighted by Crippen LogP contribution is -2.36. The van der Waals surface area contributed by atoms with Crippen molar-refractivity contribution in [3.05, 3.63) is 0 Å². The molecular formula is C13H23NO3S. The predicted octanol–water partition coefficient (Wildman–Crippen LogP) is 2.28. The van der Waals surface area contributed by atoms with Crippen LogP contribution in [0.25, 0.3) is 0 Å². The largest absolute Gasteiger partial charge is 0.465 e. The Bertz CT molecular complexity index is 275. The smallest absolute Gasteiger partial charge is 0.309 e. The molecule has 104 valence electrons. The second kappa shape index (κ2) is 8.53. The third-order valence-corrected chi connectivity index (χ3v) is 4.01. The fourth-order valence-corrected chi connectivity index (χ4v) is 2.54. The van der Waals surface area contributed by atoms with Crippen LogP contribution in [0.4, 0.5) is 0 Å².